The molecule has 0 saturated carbocycles. The third-order valence-corrected chi connectivity index (χ3v) is 4.21. The van der Waals surface area contributed by atoms with Gasteiger partial charge in [0, 0.05) is 24.5 Å². The lowest BCUT2D eigenvalue weighted by molar-refractivity contribution is 1.01. The molecular weight excluding hydrogens is 256 g/mol. The van der Waals surface area contributed by atoms with Crippen LogP contribution in [0.15, 0.2) is 36.4 Å². The van der Waals surface area contributed by atoms with Crippen LogP contribution in [0.25, 0.3) is 0 Å². The number of anilines is 2. The zero-order valence-electron chi connectivity index (χ0n) is 13.3. The molecule has 0 N–H and O–H groups in total. The summed E-state index contributed by atoms with van der Waals surface area (Å²) in [5.41, 5.74) is 7.84. The van der Waals surface area contributed by atoms with Gasteiger partial charge in [-0.25, -0.2) is 0 Å². The predicted molar refractivity (Wildman–Crippen MR) is 89.8 cm³/mol. The van der Waals surface area contributed by atoms with Gasteiger partial charge in [-0.15, -0.1) is 0 Å². The van der Waals surface area contributed by atoms with E-state index in [0.29, 0.717) is 0 Å². The van der Waals surface area contributed by atoms with Crippen molar-refractivity contribution in [3.05, 3.63) is 65.3 Å². The van der Waals surface area contributed by atoms with E-state index in [-0.39, 0.29) is 0 Å². The maximum Gasteiger partial charge on any atom is 0.208 e. The molecule has 0 amide bonds. The van der Waals surface area contributed by atoms with Crippen LogP contribution in [-0.2, 0) is 0 Å². The molecule has 21 heavy (non-hydrogen) atoms. The van der Waals surface area contributed by atoms with Crippen LogP contribution < -0.4 is 9.80 Å². The van der Waals surface area contributed by atoms with E-state index in [1.807, 2.05) is 0 Å². The molecule has 0 aliphatic carbocycles. The van der Waals surface area contributed by atoms with Gasteiger partial charge >= 0.3 is 0 Å². The smallest absolute Gasteiger partial charge is 0.208 e. The average molecular weight is 278 g/mol. The molecule has 3 rings (SSSR count). The third kappa shape index (κ3) is 2.51. The first-order valence-electron chi connectivity index (χ1n) is 7.51. The van der Waals surface area contributed by atoms with E-state index in [1.54, 1.807) is 0 Å². The van der Waals surface area contributed by atoms with Crippen molar-refractivity contribution in [2.75, 3.05) is 22.9 Å². The highest BCUT2D eigenvalue weighted by molar-refractivity contribution is 5.67. The first-order valence-corrected chi connectivity index (χ1v) is 7.51. The van der Waals surface area contributed by atoms with Gasteiger partial charge in [-0.3, -0.25) is 0 Å². The Morgan fingerprint density at radius 1 is 0.667 bits per heavy atom. The Hall–Kier alpha value is -1.96. The van der Waals surface area contributed by atoms with Crippen molar-refractivity contribution >= 4 is 11.4 Å². The number of hydrogen-bond donors (Lipinski definition) is 0. The van der Waals surface area contributed by atoms with Gasteiger partial charge in [0.2, 0.25) is 6.67 Å². The molecule has 0 atom stereocenters. The first-order chi connectivity index (χ1) is 10.1. The van der Waals surface area contributed by atoms with E-state index >= 15 is 0 Å². The maximum atomic E-state index is 3.55. The normalized spacial score (nSPS) is 14.9. The van der Waals surface area contributed by atoms with Crippen LogP contribution in [0.1, 0.15) is 22.3 Å². The second-order valence-electron chi connectivity index (χ2n) is 5.88. The fraction of sp³-hybridized carbons (Fsp3) is 0.316. The van der Waals surface area contributed by atoms with Gasteiger partial charge in [0.25, 0.3) is 0 Å². The summed E-state index contributed by atoms with van der Waals surface area (Å²) in [5.74, 6) is 0. The first kappa shape index (κ1) is 14.0. The molecule has 0 aromatic heterocycles. The highest BCUT2D eigenvalue weighted by Crippen LogP contribution is 2.33. The van der Waals surface area contributed by atoms with E-state index < -0.39 is 0 Å². The Morgan fingerprint density at radius 3 is 1.33 bits per heavy atom. The Morgan fingerprint density at radius 2 is 1.00 bits per heavy atom. The van der Waals surface area contributed by atoms with Crippen LogP contribution in [0, 0.1) is 34.4 Å². The third-order valence-electron chi connectivity index (χ3n) is 4.21. The molecule has 2 aromatic rings. The Bertz CT molecular complexity index is 563. The zero-order chi connectivity index (χ0) is 15.0. The summed E-state index contributed by atoms with van der Waals surface area (Å²) >= 11 is 0. The van der Waals surface area contributed by atoms with Crippen molar-refractivity contribution in [1.29, 1.82) is 0 Å². The summed E-state index contributed by atoms with van der Waals surface area (Å²) in [6.07, 6.45) is 0. The van der Waals surface area contributed by atoms with Crippen LogP contribution in [-0.4, -0.2) is 13.1 Å². The summed E-state index contributed by atoms with van der Waals surface area (Å²) in [6.45, 7) is 14.2. The lowest BCUT2D eigenvalue weighted by Crippen LogP contribution is -2.21. The molecule has 2 heteroatoms. The largest absolute Gasteiger partial charge is 0.339 e. The minimum absolute atomic E-state index is 0.986. The lowest BCUT2D eigenvalue weighted by atomic mass is 10.1. The van der Waals surface area contributed by atoms with Crippen LogP contribution in [0.5, 0.6) is 0 Å². The number of aryl methyl sites for hydroxylation is 4. The van der Waals surface area contributed by atoms with Gasteiger partial charge in [0.15, 0.2) is 0 Å². The summed E-state index contributed by atoms with van der Waals surface area (Å²) in [4.78, 5) is 4.52. The quantitative estimate of drug-likeness (QED) is 0.810. The van der Waals surface area contributed by atoms with E-state index in [2.05, 4.69) is 80.6 Å². The summed E-state index contributed by atoms with van der Waals surface area (Å²) in [7, 11) is 0. The Labute approximate surface area is 128 Å². The number of hydrogen-bond acceptors (Lipinski definition) is 2. The molecule has 1 saturated heterocycles. The van der Waals surface area contributed by atoms with Crippen molar-refractivity contribution in [3.8, 4) is 0 Å². The Kier molecular flexibility index (Phi) is 3.62. The van der Waals surface area contributed by atoms with Gasteiger partial charge in [-0.05, 0) is 49.9 Å². The zero-order valence-corrected chi connectivity index (χ0v) is 13.3. The molecule has 2 nitrogen and oxygen atoms in total. The standard InChI is InChI=1S/C19H22N2/c1-14-7-5-8-15(2)18(14)20-11-12-21(13-20)19-16(3)9-6-10-17(19)4/h5-10H,11-12H2,1-4H3. The molecule has 0 bridgehead atoms. The molecule has 2 radical (unpaired) electrons. The van der Waals surface area contributed by atoms with Gasteiger partial charge < -0.3 is 9.80 Å². The average Bonchev–Trinajstić information content (AvgIpc) is 2.87. The van der Waals surface area contributed by atoms with Crippen LogP contribution >= 0.6 is 0 Å². The van der Waals surface area contributed by atoms with E-state index in [0.717, 1.165) is 13.1 Å². The van der Waals surface area contributed by atoms with Crippen molar-refractivity contribution in [3.63, 3.8) is 0 Å². The van der Waals surface area contributed by atoms with E-state index in [1.165, 1.54) is 33.6 Å². The number of nitrogens with zero attached hydrogens (tertiary/aromatic N) is 2. The highest BCUT2D eigenvalue weighted by Gasteiger charge is 2.26. The van der Waals surface area contributed by atoms with Crippen molar-refractivity contribution in [1.82, 2.24) is 0 Å². The van der Waals surface area contributed by atoms with Gasteiger partial charge in [0.05, 0.1) is 0 Å². The Balaban J connectivity index is 1.89. The molecule has 2 aromatic carbocycles. The molecule has 1 aliphatic rings. The molecule has 0 spiro atoms. The van der Waals surface area contributed by atoms with Crippen molar-refractivity contribution in [2.45, 2.75) is 27.7 Å². The van der Waals surface area contributed by atoms with Crippen LogP contribution in [0.2, 0.25) is 0 Å². The second-order valence-corrected chi connectivity index (χ2v) is 5.88. The molecule has 1 heterocycles. The summed E-state index contributed by atoms with van der Waals surface area (Å²) < 4.78 is 0. The maximum absolute atomic E-state index is 3.55. The predicted octanol–water partition coefficient (Wildman–Crippen LogP) is 4.24. The fourth-order valence-corrected chi connectivity index (χ4v) is 3.23. The topological polar surface area (TPSA) is 6.48 Å². The highest BCUT2D eigenvalue weighted by atomic mass is 15.4. The van der Waals surface area contributed by atoms with E-state index in [4.69, 9.17) is 0 Å². The summed E-state index contributed by atoms with van der Waals surface area (Å²) in [6, 6.07) is 12.9. The number of benzene rings is 2. The molecular formula is C19H22N2. The molecule has 1 aliphatic heterocycles. The molecule has 0 unspecified atom stereocenters. The molecule has 1 fully saturated rings. The van der Waals surface area contributed by atoms with Crippen LogP contribution in [0.4, 0.5) is 11.4 Å². The summed E-state index contributed by atoms with van der Waals surface area (Å²) in [5, 5.41) is 0. The van der Waals surface area contributed by atoms with Gasteiger partial charge in [0.1, 0.15) is 0 Å². The van der Waals surface area contributed by atoms with E-state index in [9.17, 15) is 0 Å². The second kappa shape index (κ2) is 5.44. The lowest BCUT2D eigenvalue weighted by Gasteiger charge is -2.24. The molecule has 108 valence electrons. The number of rotatable bonds is 2. The van der Waals surface area contributed by atoms with Crippen molar-refractivity contribution < 1.29 is 0 Å². The van der Waals surface area contributed by atoms with Gasteiger partial charge in [-0.2, -0.15) is 0 Å². The van der Waals surface area contributed by atoms with Crippen molar-refractivity contribution in [2.24, 2.45) is 0 Å². The fourth-order valence-electron chi connectivity index (χ4n) is 3.23. The minimum atomic E-state index is 0.986. The SMILES string of the molecule is Cc1cccc(C)c1N1[C]N(c2c(C)cccc2C)CC1. The number of para-hydroxylation sites is 2. The van der Waals surface area contributed by atoms with Gasteiger partial charge in [-0.1, -0.05) is 36.4 Å². The minimum Gasteiger partial charge on any atom is -0.339 e. The monoisotopic (exact) mass is 278 g/mol. The van der Waals surface area contributed by atoms with Crippen LogP contribution in [0.3, 0.4) is 0 Å².